The van der Waals surface area contributed by atoms with Gasteiger partial charge in [-0.3, -0.25) is 4.79 Å². The first-order valence-corrected chi connectivity index (χ1v) is 37.8. The first-order chi connectivity index (χ1) is 41.7. The molecular formula is C80H147NO3. The van der Waals surface area contributed by atoms with Gasteiger partial charge in [0, 0.05) is 6.42 Å². The summed E-state index contributed by atoms with van der Waals surface area (Å²) in [7, 11) is 0. The molecule has 0 spiro atoms. The standard InChI is InChI=1S/C80H147NO3/c1-3-5-7-9-11-13-15-17-19-21-23-25-27-29-31-33-35-37-38-39-40-41-42-44-46-48-50-52-54-56-58-60-62-64-66-68-70-72-74-76-80(84)81-78(77-82)79(83)75-73-71-69-67-65-63-61-59-57-55-53-51-49-47-45-43-36-34-32-30-28-26-24-22-20-18-16-14-12-10-8-6-4-2/h5,7,11,13,17,19,23,25,29,31,65,67,73,75,78-79,82-83H,3-4,6,8-10,12,14-16,18,20-22,24,26-28,30,32-64,66,68-72,74,76-77H2,1-2H3,(H,81,84)/b7-5-,13-11-,19-17-,25-23-,31-29-,67-65+,75-73+. The van der Waals surface area contributed by atoms with E-state index in [-0.39, 0.29) is 12.5 Å². The van der Waals surface area contributed by atoms with E-state index in [0.717, 1.165) is 64.2 Å². The number of carbonyl (C=O) groups excluding carboxylic acids is 1. The number of allylic oxidation sites excluding steroid dienone is 13. The molecule has 4 heteroatoms. The van der Waals surface area contributed by atoms with Crippen LogP contribution in [-0.4, -0.2) is 34.9 Å². The van der Waals surface area contributed by atoms with Crippen molar-refractivity contribution >= 4 is 5.91 Å². The van der Waals surface area contributed by atoms with Gasteiger partial charge in [-0.15, -0.1) is 0 Å². The number of rotatable bonds is 70. The molecule has 0 radical (unpaired) electrons. The SMILES string of the molecule is CC/C=C\C/C=C\C/C=C\C/C=C\C/C=C\CCCCCCCCCCCCCCCCCCCCCCCCCC(=O)NC(CO)C(O)/C=C/CC/C=C/CCCCCCCCCCCCCCCCCCCCCCCCCCCCC. The van der Waals surface area contributed by atoms with Crippen molar-refractivity contribution in [1.29, 1.82) is 0 Å². The van der Waals surface area contributed by atoms with Gasteiger partial charge in [0.05, 0.1) is 18.8 Å². The summed E-state index contributed by atoms with van der Waals surface area (Å²) in [5, 5.41) is 23.3. The molecular weight excluding hydrogens is 1020 g/mol. The molecule has 0 heterocycles. The van der Waals surface area contributed by atoms with Gasteiger partial charge >= 0.3 is 0 Å². The minimum Gasteiger partial charge on any atom is -0.394 e. The Labute approximate surface area is 526 Å². The average molecular weight is 1170 g/mol. The molecule has 0 aromatic rings. The fourth-order valence-corrected chi connectivity index (χ4v) is 11.7. The van der Waals surface area contributed by atoms with E-state index in [1.165, 1.54) is 315 Å². The molecule has 490 valence electrons. The Hall–Kier alpha value is -2.43. The van der Waals surface area contributed by atoms with Gasteiger partial charge in [-0.25, -0.2) is 0 Å². The predicted molar refractivity (Wildman–Crippen MR) is 377 cm³/mol. The van der Waals surface area contributed by atoms with Crippen molar-refractivity contribution in [2.75, 3.05) is 6.61 Å². The second-order valence-electron chi connectivity index (χ2n) is 25.7. The summed E-state index contributed by atoms with van der Waals surface area (Å²) < 4.78 is 0. The summed E-state index contributed by atoms with van der Waals surface area (Å²) in [6, 6.07) is -0.643. The third-order valence-electron chi connectivity index (χ3n) is 17.4. The minimum atomic E-state index is -0.866. The Morgan fingerprint density at radius 1 is 0.298 bits per heavy atom. The fourth-order valence-electron chi connectivity index (χ4n) is 11.7. The van der Waals surface area contributed by atoms with Gasteiger partial charge in [0.15, 0.2) is 0 Å². The molecule has 4 nitrogen and oxygen atoms in total. The van der Waals surface area contributed by atoms with E-state index in [1.54, 1.807) is 6.08 Å². The highest BCUT2D eigenvalue weighted by Gasteiger charge is 2.18. The normalized spacial score (nSPS) is 13.1. The van der Waals surface area contributed by atoms with Gasteiger partial charge in [-0.1, -0.05) is 401 Å². The molecule has 0 saturated carbocycles. The molecule has 0 aliphatic heterocycles. The summed E-state index contributed by atoms with van der Waals surface area (Å²) in [6.07, 6.45) is 110. The van der Waals surface area contributed by atoms with Gasteiger partial charge in [0.25, 0.3) is 0 Å². The number of carbonyl (C=O) groups is 1. The zero-order chi connectivity index (χ0) is 60.5. The third kappa shape index (κ3) is 70.3. The summed E-state index contributed by atoms with van der Waals surface area (Å²) in [6.45, 7) is 4.22. The van der Waals surface area contributed by atoms with Crippen LogP contribution in [0, 0.1) is 0 Å². The molecule has 0 bridgehead atoms. The van der Waals surface area contributed by atoms with Gasteiger partial charge in [-0.05, 0) is 77.0 Å². The maximum absolute atomic E-state index is 12.6. The first-order valence-electron chi connectivity index (χ1n) is 37.8. The number of aliphatic hydroxyl groups is 2. The minimum absolute atomic E-state index is 0.0675. The fraction of sp³-hybridized carbons (Fsp3) is 0.812. The van der Waals surface area contributed by atoms with Crippen molar-refractivity contribution < 1.29 is 15.0 Å². The Morgan fingerprint density at radius 2 is 0.536 bits per heavy atom. The number of amides is 1. The number of hydrogen-bond acceptors (Lipinski definition) is 3. The monoisotopic (exact) mass is 1170 g/mol. The van der Waals surface area contributed by atoms with E-state index < -0.39 is 12.1 Å². The van der Waals surface area contributed by atoms with E-state index >= 15 is 0 Å². The molecule has 0 rings (SSSR count). The predicted octanol–water partition coefficient (Wildman–Crippen LogP) is 26.2. The van der Waals surface area contributed by atoms with Crippen molar-refractivity contribution in [3.05, 3.63) is 85.1 Å². The quantitative estimate of drug-likeness (QED) is 0.0420. The van der Waals surface area contributed by atoms with Crippen molar-refractivity contribution in [3.63, 3.8) is 0 Å². The maximum atomic E-state index is 12.6. The van der Waals surface area contributed by atoms with Crippen LogP contribution in [0.25, 0.3) is 0 Å². The number of aliphatic hydroxyl groups excluding tert-OH is 2. The zero-order valence-corrected chi connectivity index (χ0v) is 56.7. The summed E-state index contributed by atoms with van der Waals surface area (Å²) in [5.41, 5.74) is 0. The highest BCUT2D eigenvalue weighted by atomic mass is 16.3. The van der Waals surface area contributed by atoms with Gasteiger partial charge in [0.2, 0.25) is 5.91 Å². The highest BCUT2D eigenvalue weighted by Crippen LogP contribution is 2.19. The summed E-state index contributed by atoms with van der Waals surface area (Å²) in [5.74, 6) is -0.0675. The Morgan fingerprint density at radius 3 is 0.833 bits per heavy atom. The molecule has 3 N–H and O–H groups in total. The molecule has 0 aliphatic rings. The first kappa shape index (κ1) is 81.6. The van der Waals surface area contributed by atoms with E-state index in [9.17, 15) is 15.0 Å². The number of unbranched alkanes of at least 4 members (excludes halogenated alkanes) is 51. The van der Waals surface area contributed by atoms with E-state index in [2.05, 4.69) is 92.1 Å². The molecule has 2 unspecified atom stereocenters. The Balaban J connectivity index is 3.44. The second-order valence-corrected chi connectivity index (χ2v) is 25.7. The van der Waals surface area contributed by atoms with E-state index in [1.807, 2.05) is 6.08 Å². The lowest BCUT2D eigenvalue weighted by molar-refractivity contribution is -0.123. The Bertz CT molecular complexity index is 1470. The molecule has 84 heavy (non-hydrogen) atoms. The largest absolute Gasteiger partial charge is 0.394 e. The van der Waals surface area contributed by atoms with Gasteiger partial charge in [0.1, 0.15) is 0 Å². The maximum Gasteiger partial charge on any atom is 0.220 e. The molecule has 1 amide bonds. The average Bonchev–Trinajstić information content (AvgIpc) is 3.51. The topological polar surface area (TPSA) is 69.6 Å². The van der Waals surface area contributed by atoms with E-state index in [4.69, 9.17) is 0 Å². The summed E-state index contributed by atoms with van der Waals surface area (Å²) >= 11 is 0. The molecule has 0 aromatic heterocycles. The van der Waals surface area contributed by atoms with Crippen LogP contribution in [0.5, 0.6) is 0 Å². The summed E-state index contributed by atoms with van der Waals surface area (Å²) in [4.78, 5) is 12.6. The molecule has 0 aliphatic carbocycles. The van der Waals surface area contributed by atoms with Crippen LogP contribution in [-0.2, 0) is 4.79 Å². The highest BCUT2D eigenvalue weighted by molar-refractivity contribution is 5.76. The number of hydrogen-bond donors (Lipinski definition) is 3. The van der Waals surface area contributed by atoms with E-state index in [0.29, 0.717) is 6.42 Å². The van der Waals surface area contributed by atoms with Gasteiger partial charge < -0.3 is 15.5 Å². The van der Waals surface area contributed by atoms with Gasteiger partial charge in [-0.2, -0.15) is 0 Å². The smallest absolute Gasteiger partial charge is 0.220 e. The third-order valence-corrected chi connectivity index (χ3v) is 17.4. The van der Waals surface area contributed by atoms with Crippen LogP contribution in [0.15, 0.2) is 85.1 Å². The van der Waals surface area contributed by atoms with Crippen LogP contribution in [0.4, 0.5) is 0 Å². The van der Waals surface area contributed by atoms with Crippen LogP contribution >= 0.6 is 0 Å². The van der Waals surface area contributed by atoms with Crippen molar-refractivity contribution in [2.45, 2.75) is 411 Å². The van der Waals surface area contributed by atoms with Crippen LogP contribution < -0.4 is 5.32 Å². The van der Waals surface area contributed by atoms with Crippen molar-refractivity contribution in [2.24, 2.45) is 0 Å². The van der Waals surface area contributed by atoms with Crippen LogP contribution in [0.1, 0.15) is 399 Å². The molecule has 0 aromatic carbocycles. The lowest BCUT2D eigenvalue weighted by Crippen LogP contribution is -2.45. The van der Waals surface area contributed by atoms with Crippen molar-refractivity contribution in [1.82, 2.24) is 5.32 Å². The number of nitrogens with one attached hydrogen (secondary N) is 1. The second kappa shape index (κ2) is 74.8. The molecule has 0 fully saturated rings. The lowest BCUT2D eigenvalue weighted by atomic mass is 10.0. The molecule has 0 saturated heterocycles. The zero-order valence-electron chi connectivity index (χ0n) is 56.7. The van der Waals surface area contributed by atoms with Crippen LogP contribution in [0.3, 0.4) is 0 Å². The van der Waals surface area contributed by atoms with Crippen molar-refractivity contribution in [3.8, 4) is 0 Å². The lowest BCUT2D eigenvalue weighted by Gasteiger charge is -2.19. The Kier molecular flexibility index (Phi) is 72.7. The molecule has 2 atom stereocenters. The van der Waals surface area contributed by atoms with Crippen LogP contribution in [0.2, 0.25) is 0 Å².